The molecule has 2 rings (SSSR count). The van der Waals surface area contributed by atoms with Crippen LogP contribution >= 0.6 is 0 Å². The highest BCUT2D eigenvalue weighted by Crippen LogP contribution is 2.31. The maximum atomic E-state index is 12.8. The molecule has 1 saturated heterocycles. The van der Waals surface area contributed by atoms with Crippen LogP contribution in [0.25, 0.3) is 0 Å². The maximum Gasteiger partial charge on any atom is 0.417 e. The number of amides is 1. The third kappa shape index (κ3) is 4.67. The molecular formula is C14H18F3N3O2. The Bertz CT molecular complexity index is 500. The van der Waals surface area contributed by atoms with E-state index in [-0.39, 0.29) is 6.54 Å². The fourth-order valence-electron chi connectivity index (χ4n) is 2.27. The number of nitrogens with one attached hydrogen (secondary N) is 1. The average Bonchev–Trinajstić information content (AvgIpc) is 2.75. The van der Waals surface area contributed by atoms with Crippen molar-refractivity contribution in [2.75, 3.05) is 39.4 Å². The van der Waals surface area contributed by atoms with E-state index in [1.807, 2.05) is 0 Å². The zero-order chi connectivity index (χ0) is 16.0. The highest BCUT2D eigenvalue weighted by atomic mass is 19.4. The fraction of sp³-hybridized carbons (Fsp3) is 0.571. The van der Waals surface area contributed by atoms with Crippen molar-refractivity contribution < 1.29 is 22.7 Å². The molecule has 1 aromatic rings. The minimum Gasteiger partial charge on any atom is -0.380 e. The van der Waals surface area contributed by atoms with Gasteiger partial charge >= 0.3 is 6.18 Å². The lowest BCUT2D eigenvalue weighted by atomic mass is 10.1. The van der Waals surface area contributed by atoms with Gasteiger partial charge in [0, 0.05) is 45.2 Å². The molecule has 1 fully saturated rings. The van der Waals surface area contributed by atoms with Gasteiger partial charge in [0.15, 0.2) is 0 Å². The number of halogens is 3. The summed E-state index contributed by atoms with van der Waals surface area (Å²) in [4.78, 5) is 17.6. The highest BCUT2D eigenvalue weighted by molar-refractivity contribution is 5.95. The summed E-state index contributed by atoms with van der Waals surface area (Å²) in [6, 6.07) is 0.807. The second kappa shape index (κ2) is 7.55. The van der Waals surface area contributed by atoms with Crippen molar-refractivity contribution in [3.05, 3.63) is 29.6 Å². The van der Waals surface area contributed by atoms with Crippen LogP contribution in [0.15, 0.2) is 18.5 Å². The molecule has 1 aliphatic rings. The zero-order valence-corrected chi connectivity index (χ0v) is 12.0. The van der Waals surface area contributed by atoms with Crippen molar-refractivity contribution in [2.45, 2.75) is 12.6 Å². The summed E-state index contributed by atoms with van der Waals surface area (Å²) in [5.74, 6) is -0.758. The highest BCUT2D eigenvalue weighted by Gasteiger charge is 2.35. The minimum absolute atomic E-state index is 0.283. The number of hydrogen-bond donors (Lipinski definition) is 1. The van der Waals surface area contributed by atoms with Crippen LogP contribution in [0.2, 0.25) is 0 Å². The molecule has 1 amide bonds. The van der Waals surface area contributed by atoms with E-state index in [0.717, 1.165) is 38.0 Å². The van der Waals surface area contributed by atoms with Crippen molar-refractivity contribution in [3.8, 4) is 0 Å². The summed E-state index contributed by atoms with van der Waals surface area (Å²) in [6.07, 6.45) is -1.69. The maximum absolute atomic E-state index is 12.8. The van der Waals surface area contributed by atoms with Gasteiger partial charge in [-0.3, -0.25) is 14.7 Å². The molecule has 0 aromatic carbocycles. The Balaban J connectivity index is 1.90. The summed E-state index contributed by atoms with van der Waals surface area (Å²) in [5, 5.41) is 2.52. The van der Waals surface area contributed by atoms with Gasteiger partial charge in [-0.1, -0.05) is 0 Å². The largest absolute Gasteiger partial charge is 0.417 e. The lowest BCUT2D eigenvalue weighted by molar-refractivity contribution is -0.138. The van der Waals surface area contributed by atoms with Crippen molar-refractivity contribution in [3.63, 3.8) is 0 Å². The van der Waals surface area contributed by atoms with Gasteiger partial charge in [0.1, 0.15) is 0 Å². The molecule has 0 atom stereocenters. The van der Waals surface area contributed by atoms with Crippen LogP contribution in [-0.4, -0.2) is 55.2 Å². The summed E-state index contributed by atoms with van der Waals surface area (Å²) in [5.41, 5.74) is -1.42. The van der Waals surface area contributed by atoms with Gasteiger partial charge in [0.25, 0.3) is 5.91 Å². The molecule has 5 nitrogen and oxygen atoms in total. The van der Waals surface area contributed by atoms with E-state index in [1.165, 1.54) is 0 Å². The van der Waals surface area contributed by atoms with E-state index < -0.39 is 23.2 Å². The third-order valence-corrected chi connectivity index (χ3v) is 3.40. The van der Waals surface area contributed by atoms with Gasteiger partial charge in [-0.15, -0.1) is 0 Å². The second-order valence-electron chi connectivity index (χ2n) is 4.98. The van der Waals surface area contributed by atoms with Crippen molar-refractivity contribution in [1.82, 2.24) is 15.2 Å². The molecule has 0 spiro atoms. The van der Waals surface area contributed by atoms with Crippen molar-refractivity contribution in [1.29, 1.82) is 0 Å². The standard InChI is InChI=1S/C14H18F3N3O2/c15-14(16,17)12-2-3-18-10-11(12)13(21)19-4-6-20-5-1-8-22-9-7-20/h2-3,10H,1,4-9H2,(H,19,21). The number of hydrogen-bond acceptors (Lipinski definition) is 4. The van der Waals surface area contributed by atoms with E-state index in [1.54, 1.807) is 0 Å². The lowest BCUT2D eigenvalue weighted by Crippen LogP contribution is -2.36. The topological polar surface area (TPSA) is 54.5 Å². The van der Waals surface area contributed by atoms with Crippen LogP contribution in [0.3, 0.4) is 0 Å². The van der Waals surface area contributed by atoms with Crippen molar-refractivity contribution >= 4 is 5.91 Å². The number of nitrogens with zero attached hydrogens (tertiary/aromatic N) is 2. The van der Waals surface area contributed by atoms with Crippen molar-refractivity contribution in [2.24, 2.45) is 0 Å². The Morgan fingerprint density at radius 2 is 2.18 bits per heavy atom. The summed E-state index contributed by atoms with van der Waals surface area (Å²) < 4.78 is 43.8. The first-order chi connectivity index (χ1) is 10.5. The molecule has 22 heavy (non-hydrogen) atoms. The number of alkyl halides is 3. The number of ether oxygens (including phenoxy) is 1. The minimum atomic E-state index is -4.57. The summed E-state index contributed by atoms with van der Waals surface area (Å²) in [7, 11) is 0. The molecule has 0 unspecified atom stereocenters. The molecule has 1 aromatic heterocycles. The van der Waals surface area contributed by atoms with Crippen LogP contribution in [0, 0.1) is 0 Å². The van der Waals surface area contributed by atoms with Gasteiger partial charge in [0.2, 0.25) is 0 Å². The first-order valence-electron chi connectivity index (χ1n) is 7.08. The van der Waals surface area contributed by atoms with Gasteiger partial charge in [-0.05, 0) is 12.5 Å². The monoisotopic (exact) mass is 317 g/mol. The normalized spacial score (nSPS) is 17.0. The zero-order valence-electron chi connectivity index (χ0n) is 12.0. The predicted octanol–water partition coefficient (Wildman–Crippen LogP) is 1.55. The first-order valence-corrected chi connectivity index (χ1v) is 7.08. The molecular weight excluding hydrogens is 299 g/mol. The number of carbonyl (C=O) groups is 1. The molecule has 0 radical (unpaired) electrons. The lowest BCUT2D eigenvalue weighted by Gasteiger charge is -2.19. The number of carbonyl (C=O) groups excluding carboxylic acids is 1. The predicted molar refractivity (Wildman–Crippen MR) is 73.4 cm³/mol. The van der Waals surface area contributed by atoms with E-state index >= 15 is 0 Å². The molecule has 0 bridgehead atoms. The Morgan fingerprint density at radius 3 is 2.95 bits per heavy atom. The van der Waals surface area contributed by atoms with Gasteiger partial charge in [0.05, 0.1) is 17.7 Å². The van der Waals surface area contributed by atoms with Crippen LogP contribution in [0.1, 0.15) is 22.3 Å². The average molecular weight is 317 g/mol. The molecule has 2 heterocycles. The smallest absolute Gasteiger partial charge is 0.380 e. The van der Waals surface area contributed by atoms with E-state index in [4.69, 9.17) is 4.74 Å². The molecule has 0 aliphatic carbocycles. The molecule has 0 saturated carbocycles. The molecule has 1 aliphatic heterocycles. The van der Waals surface area contributed by atoms with Crippen LogP contribution in [0.4, 0.5) is 13.2 Å². The Kier molecular flexibility index (Phi) is 5.73. The molecule has 122 valence electrons. The number of rotatable bonds is 4. The van der Waals surface area contributed by atoms with Gasteiger partial charge in [-0.25, -0.2) is 0 Å². The number of aromatic nitrogens is 1. The van der Waals surface area contributed by atoms with Crippen LogP contribution < -0.4 is 5.32 Å². The van der Waals surface area contributed by atoms with Gasteiger partial charge in [-0.2, -0.15) is 13.2 Å². The van der Waals surface area contributed by atoms with E-state index in [0.29, 0.717) is 19.8 Å². The summed E-state index contributed by atoms with van der Waals surface area (Å²) >= 11 is 0. The van der Waals surface area contributed by atoms with E-state index in [2.05, 4.69) is 15.2 Å². The molecule has 1 N–H and O–H groups in total. The Morgan fingerprint density at radius 1 is 1.36 bits per heavy atom. The number of pyridine rings is 1. The Labute approximate surface area is 126 Å². The fourth-order valence-corrected chi connectivity index (χ4v) is 2.27. The second-order valence-corrected chi connectivity index (χ2v) is 4.98. The third-order valence-electron chi connectivity index (χ3n) is 3.40. The SMILES string of the molecule is O=C(NCCN1CCCOCC1)c1cnccc1C(F)(F)F. The van der Waals surface area contributed by atoms with Gasteiger partial charge < -0.3 is 10.1 Å². The summed E-state index contributed by atoms with van der Waals surface area (Å²) in [6.45, 7) is 3.83. The quantitative estimate of drug-likeness (QED) is 0.915. The Hall–Kier alpha value is -1.67. The molecule has 8 heteroatoms. The van der Waals surface area contributed by atoms with Crippen LogP contribution in [0.5, 0.6) is 0 Å². The van der Waals surface area contributed by atoms with E-state index in [9.17, 15) is 18.0 Å². The first kappa shape index (κ1) is 16.7. The van der Waals surface area contributed by atoms with Crippen LogP contribution in [-0.2, 0) is 10.9 Å².